The molecule has 0 aromatic rings. The number of ether oxygens (including phenoxy) is 3. The van der Waals surface area contributed by atoms with Crippen LogP contribution in [0.4, 0.5) is 0 Å². The van der Waals surface area contributed by atoms with E-state index in [1.54, 1.807) is 0 Å². The predicted octanol–water partition coefficient (Wildman–Crippen LogP) is 25.0. The third-order valence-electron chi connectivity index (χ3n) is 16.7. The highest BCUT2D eigenvalue weighted by Crippen LogP contribution is 2.19. The first-order valence-corrected chi connectivity index (χ1v) is 36.3. The maximum absolute atomic E-state index is 12.9. The SMILES string of the molecule is CCCCCCC/C=C\C/C=C\CCCCCCCCCCCCCCCCCCCCCC(=O)OCC(COC(=O)CCCCCCCCCCCCCCCCC)OC(=O)CCCCCCCCCCCCCCCCCC. The first kappa shape index (κ1) is 77.9. The second-order valence-corrected chi connectivity index (χ2v) is 24.9. The van der Waals surface area contributed by atoms with Crippen molar-refractivity contribution in [3.8, 4) is 0 Å². The molecule has 0 bridgehead atoms. The largest absolute Gasteiger partial charge is 0.462 e. The van der Waals surface area contributed by atoms with E-state index in [2.05, 4.69) is 45.1 Å². The summed E-state index contributed by atoms with van der Waals surface area (Å²) in [5, 5.41) is 0. The first-order valence-electron chi connectivity index (χ1n) is 36.3. The maximum Gasteiger partial charge on any atom is 0.306 e. The van der Waals surface area contributed by atoms with Crippen molar-refractivity contribution < 1.29 is 28.6 Å². The van der Waals surface area contributed by atoms with Crippen molar-refractivity contribution in [3.05, 3.63) is 24.3 Å². The van der Waals surface area contributed by atoms with E-state index in [4.69, 9.17) is 14.2 Å². The van der Waals surface area contributed by atoms with Gasteiger partial charge in [0.05, 0.1) is 0 Å². The molecule has 0 N–H and O–H groups in total. The Labute approximate surface area is 500 Å². The summed E-state index contributed by atoms with van der Waals surface area (Å²) >= 11 is 0. The molecular weight excluding hydrogens is 985 g/mol. The van der Waals surface area contributed by atoms with E-state index in [9.17, 15) is 14.4 Å². The topological polar surface area (TPSA) is 78.9 Å². The molecule has 0 aliphatic rings. The van der Waals surface area contributed by atoms with E-state index in [0.717, 1.165) is 64.2 Å². The van der Waals surface area contributed by atoms with Gasteiger partial charge in [-0.2, -0.15) is 0 Å². The van der Waals surface area contributed by atoms with E-state index in [-0.39, 0.29) is 31.1 Å². The molecule has 472 valence electrons. The molecule has 0 fully saturated rings. The van der Waals surface area contributed by atoms with Gasteiger partial charge in [0.1, 0.15) is 13.2 Å². The molecule has 1 unspecified atom stereocenters. The number of hydrogen-bond donors (Lipinski definition) is 0. The molecule has 0 radical (unpaired) electrons. The zero-order chi connectivity index (χ0) is 57.8. The Morgan fingerprint density at radius 2 is 0.450 bits per heavy atom. The Morgan fingerprint density at radius 3 is 0.688 bits per heavy atom. The van der Waals surface area contributed by atoms with Gasteiger partial charge in [-0.1, -0.05) is 366 Å². The van der Waals surface area contributed by atoms with Gasteiger partial charge < -0.3 is 14.2 Å². The van der Waals surface area contributed by atoms with E-state index in [1.807, 2.05) is 0 Å². The van der Waals surface area contributed by atoms with Crippen molar-refractivity contribution >= 4 is 17.9 Å². The highest BCUT2D eigenvalue weighted by Gasteiger charge is 2.19. The molecule has 0 heterocycles. The second kappa shape index (κ2) is 69.4. The van der Waals surface area contributed by atoms with Crippen molar-refractivity contribution in [1.82, 2.24) is 0 Å². The molecule has 0 rings (SSSR count). The molecular formula is C74H140O6. The Hall–Kier alpha value is -2.11. The molecule has 0 saturated heterocycles. The Bertz CT molecular complexity index is 1290. The number of carbonyl (C=O) groups is 3. The van der Waals surface area contributed by atoms with Crippen LogP contribution in [0.3, 0.4) is 0 Å². The van der Waals surface area contributed by atoms with Gasteiger partial charge in [0.15, 0.2) is 6.10 Å². The normalized spacial score (nSPS) is 12.1. The Balaban J connectivity index is 4.14. The van der Waals surface area contributed by atoms with Crippen molar-refractivity contribution in [1.29, 1.82) is 0 Å². The van der Waals surface area contributed by atoms with Crippen LogP contribution in [-0.4, -0.2) is 37.2 Å². The van der Waals surface area contributed by atoms with Gasteiger partial charge in [0.2, 0.25) is 0 Å². The molecule has 0 aromatic carbocycles. The first-order chi connectivity index (χ1) is 39.5. The van der Waals surface area contributed by atoms with Gasteiger partial charge in [-0.3, -0.25) is 14.4 Å². The molecule has 0 amide bonds. The van der Waals surface area contributed by atoms with Gasteiger partial charge in [-0.25, -0.2) is 0 Å². The molecule has 0 aliphatic heterocycles. The van der Waals surface area contributed by atoms with Crippen molar-refractivity contribution in [3.63, 3.8) is 0 Å². The summed E-state index contributed by atoms with van der Waals surface area (Å²) in [6.07, 6.45) is 85.0. The standard InChI is InChI=1S/C74H140O6/c1-4-7-10-13-16-19-22-25-28-30-31-32-33-34-35-36-37-38-39-40-41-42-43-44-47-49-52-55-58-61-64-67-73(76)79-70-71(69-78-72(75)66-63-60-57-54-51-48-45-27-24-21-18-15-12-9-6-3)80-74(77)68-65-62-59-56-53-50-46-29-26-23-20-17-14-11-8-5-2/h22,25,30-31,71H,4-21,23-24,26-29,32-70H2,1-3H3/b25-22-,31-30-. The number of rotatable bonds is 68. The fourth-order valence-electron chi connectivity index (χ4n) is 11.2. The summed E-state index contributed by atoms with van der Waals surface area (Å²) < 4.78 is 17.0. The number of unbranched alkanes of at least 4 members (excludes halogenated alkanes) is 53. The molecule has 0 saturated carbocycles. The Morgan fingerprint density at radius 1 is 0.250 bits per heavy atom. The molecule has 0 spiro atoms. The summed E-state index contributed by atoms with van der Waals surface area (Å²) in [5.41, 5.74) is 0. The lowest BCUT2D eigenvalue weighted by Crippen LogP contribution is -2.30. The summed E-state index contributed by atoms with van der Waals surface area (Å²) in [6.45, 7) is 6.72. The fourth-order valence-corrected chi connectivity index (χ4v) is 11.2. The van der Waals surface area contributed by atoms with E-state index in [0.29, 0.717) is 19.3 Å². The van der Waals surface area contributed by atoms with Crippen molar-refractivity contribution in [2.45, 2.75) is 419 Å². The minimum atomic E-state index is -0.766. The lowest BCUT2D eigenvalue weighted by Gasteiger charge is -2.18. The van der Waals surface area contributed by atoms with Crippen LogP contribution in [0.5, 0.6) is 0 Å². The average Bonchev–Trinajstić information content (AvgIpc) is 3.46. The molecule has 1 atom stereocenters. The van der Waals surface area contributed by atoms with Crippen LogP contribution in [0.15, 0.2) is 24.3 Å². The van der Waals surface area contributed by atoms with Crippen LogP contribution in [0.1, 0.15) is 412 Å². The Kier molecular flexibility index (Phi) is 67.6. The fraction of sp³-hybridized carbons (Fsp3) is 0.905. The minimum absolute atomic E-state index is 0.0627. The highest BCUT2D eigenvalue weighted by atomic mass is 16.6. The quantitative estimate of drug-likeness (QED) is 0.0261. The lowest BCUT2D eigenvalue weighted by molar-refractivity contribution is -0.167. The van der Waals surface area contributed by atoms with E-state index in [1.165, 1.54) is 308 Å². The molecule has 6 nitrogen and oxygen atoms in total. The van der Waals surface area contributed by atoms with E-state index < -0.39 is 6.10 Å². The van der Waals surface area contributed by atoms with Crippen LogP contribution in [-0.2, 0) is 28.6 Å². The summed E-state index contributed by atoms with van der Waals surface area (Å²) in [7, 11) is 0. The summed E-state index contributed by atoms with van der Waals surface area (Å²) in [6, 6.07) is 0. The van der Waals surface area contributed by atoms with E-state index >= 15 is 0 Å². The molecule has 80 heavy (non-hydrogen) atoms. The van der Waals surface area contributed by atoms with Crippen molar-refractivity contribution in [2.24, 2.45) is 0 Å². The third kappa shape index (κ3) is 66.7. The maximum atomic E-state index is 12.9. The van der Waals surface area contributed by atoms with Crippen LogP contribution in [0, 0.1) is 0 Å². The predicted molar refractivity (Wildman–Crippen MR) is 349 cm³/mol. The number of allylic oxidation sites excluding steroid dienone is 4. The highest BCUT2D eigenvalue weighted by molar-refractivity contribution is 5.71. The molecule has 6 heteroatoms. The van der Waals surface area contributed by atoms with Crippen LogP contribution >= 0.6 is 0 Å². The van der Waals surface area contributed by atoms with Gasteiger partial charge in [-0.15, -0.1) is 0 Å². The van der Waals surface area contributed by atoms with Gasteiger partial charge in [0.25, 0.3) is 0 Å². The zero-order valence-electron chi connectivity index (χ0n) is 54.4. The minimum Gasteiger partial charge on any atom is -0.462 e. The average molecular weight is 1130 g/mol. The third-order valence-corrected chi connectivity index (χ3v) is 16.7. The smallest absolute Gasteiger partial charge is 0.306 e. The van der Waals surface area contributed by atoms with Crippen LogP contribution < -0.4 is 0 Å². The lowest BCUT2D eigenvalue weighted by atomic mass is 10.0. The van der Waals surface area contributed by atoms with Gasteiger partial charge in [-0.05, 0) is 51.4 Å². The van der Waals surface area contributed by atoms with Gasteiger partial charge >= 0.3 is 17.9 Å². The summed E-state index contributed by atoms with van der Waals surface area (Å²) in [5.74, 6) is -0.826. The van der Waals surface area contributed by atoms with Gasteiger partial charge in [0, 0.05) is 19.3 Å². The number of carbonyl (C=O) groups excluding carboxylic acids is 3. The van der Waals surface area contributed by atoms with Crippen LogP contribution in [0.2, 0.25) is 0 Å². The zero-order valence-corrected chi connectivity index (χ0v) is 54.4. The number of esters is 3. The number of hydrogen-bond acceptors (Lipinski definition) is 6. The summed E-state index contributed by atoms with van der Waals surface area (Å²) in [4.78, 5) is 38.4. The monoisotopic (exact) mass is 1130 g/mol. The second-order valence-electron chi connectivity index (χ2n) is 24.9. The molecule has 0 aromatic heterocycles. The van der Waals surface area contributed by atoms with Crippen LogP contribution in [0.25, 0.3) is 0 Å². The molecule has 0 aliphatic carbocycles. The van der Waals surface area contributed by atoms with Crippen molar-refractivity contribution in [2.75, 3.05) is 13.2 Å².